The van der Waals surface area contributed by atoms with E-state index in [2.05, 4.69) is 23.3 Å². The Kier molecular flexibility index (Phi) is 4.00. The van der Waals surface area contributed by atoms with Crippen molar-refractivity contribution in [1.29, 1.82) is 0 Å². The quantitative estimate of drug-likeness (QED) is 0.943. The molecule has 0 aromatic heterocycles. The molecular formula is C18H20N2O2. The standard InChI is InChI=1S/C18H20N2O2/c1-13-3-7-16(8-4-13)22-12-18(21)19-15-6-5-14-9-10-20(2)17(14)11-15/h3-8,11H,9-10,12H2,1-2H3,(H,19,21). The number of hydrogen-bond acceptors (Lipinski definition) is 3. The maximum atomic E-state index is 12.0. The molecular weight excluding hydrogens is 276 g/mol. The Morgan fingerprint density at radius 2 is 2.00 bits per heavy atom. The highest BCUT2D eigenvalue weighted by Gasteiger charge is 2.16. The highest BCUT2D eigenvalue weighted by molar-refractivity contribution is 5.92. The zero-order valence-electron chi connectivity index (χ0n) is 12.9. The van der Waals surface area contributed by atoms with Gasteiger partial charge in [-0.05, 0) is 43.2 Å². The van der Waals surface area contributed by atoms with E-state index in [0.717, 1.165) is 18.7 Å². The highest BCUT2D eigenvalue weighted by Crippen LogP contribution is 2.29. The molecule has 1 aliphatic heterocycles. The van der Waals surface area contributed by atoms with E-state index in [1.54, 1.807) is 0 Å². The number of anilines is 2. The second-order valence-corrected chi connectivity index (χ2v) is 5.66. The van der Waals surface area contributed by atoms with Gasteiger partial charge in [0.25, 0.3) is 5.91 Å². The minimum atomic E-state index is -0.152. The lowest BCUT2D eigenvalue weighted by Crippen LogP contribution is -2.20. The summed E-state index contributed by atoms with van der Waals surface area (Å²) in [5, 5.41) is 2.88. The Bertz CT molecular complexity index is 680. The van der Waals surface area contributed by atoms with Crippen molar-refractivity contribution in [1.82, 2.24) is 0 Å². The SMILES string of the molecule is Cc1ccc(OCC(=O)Nc2ccc3c(c2)N(C)CC3)cc1. The first-order valence-corrected chi connectivity index (χ1v) is 7.45. The van der Waals surface area contributed by atoms with Gasteiger partial charge in [0.05, 0.1) is 0 Å². The van der Waals surface area contributed by atoms with Crippen LogP contribution in [-0.2, 0) is 11.2 Å². The number of nitrogens with one attached hydrogen (secondary N) is 1. The predicted octanol–water partition coefficient (Wildman–Crippen LogP) is 3.00. The molecule has 0 atom stereocenters. The summed E-state index contributed by atoms with van der Waals surface area (Å²) in [5.41, 5.74) is 4.50. The lowest BCUT2D eigenvalue weighted by atomic mass is 10.1. The Morgan fingerprint density at radius 1 is 1.23 bits per heavy atom. The van der Waals surface area contributed by atoms with E-state index < -0.39 is 0 Å². The summed E-state index contributed by atoms with van der Waals surface area (Å²) in [7, 11) is 2.07. The number of carbonyl (C=O) groups is 1. The van der Waals surface area contributed by atoms with Gasteiger partial charge in [-0.1, -0.05) is 23.8 Å². The third-order valence-electron chi connectivity index (χ3n) is 3.89. The van der Waals surface area contributed by atoms with Crippen molar-refractivity contribution in [3.05, 3.63) is 53.6 Å². The van der Waals surface area contributed by atoms with Gasteiger partial charge < -0.3 is 15.0 Å². The second-order valence-electron chi connectivity index (χ2n) is 5.66. The van der Waals surface area contributed by atoms with E-state index in [9.17, 15) is 4.79 Å². The molecule has 0 spiro atoms. The van der Waals surface area contributed by atoms with Crippen molar-refractivity contribution in [2.24, 2.45) is 0 Å². The van der Waals surface area contributed by atoms with E-state index in [-0.39, 0.29) is 12.5 Å². The molecule has 2 aromatic rings. The summed E-state index contributed by atoms with van der Waals surface area (Å²) in [4.78, 5) is 14.2. The van der Waals surface area contributed by atoms with Crippen LogP contribution in [0.2, 0.25) is 0 Å². The van der Waals surface area contributed by atoms with E-state index in [4.69, 9.17) is 4.74 Å². The van der Waals surface area contributed by atoms with E-state index in [1.165, 1.54) is 16.8 Å². The van der Waals surface area contributed by atoms with Crippen molar-refractivity contribution in [3.8, 4) is 5.75 Å². The summed E-state index contributed by atoms with van der Waals surface area (Å²) in [6, 6.07) is 13.7. The molecule has 1 N–H and O–H groups in total. The molecule has 0 fully saturated rings. The summed E-state index contributed by atoms with van der Waals surface area (Å²) in [6.07, 6.45) is 1.07. The number of fused-ring (bicyclic) bond motifs is 1. The van der Waals surface area contributed by atoms with Crippen LogP contribution in [0, 0.1) is 6.92 Å². The Hall–Kier alpha value is -2.49. The number of rotatable bonds is 4. The van der Waals surface area contributed by atoms with Gasteiger partial charge in [0.1, 0.15) is 5.75 Å². The van der Waals surface area contributed by atoms with Crippen LogP contribution in [0.25, 0.3) is 0 Å². The smallest absolute Gasteiger partial charge is 0.262 e. The summed E-state index contributed by atoms with van der Waals surface area (Å²) in [6.45, 7) is 3.06. The molecule has 3 rings (SSSR count). The third-order valence-corrected chi connectivity index (χ3v) is 3.89. The fourth-order valence-corrected chi connectivity index (χ4v) is 2.60. The topological polar surface area (TPSA) is 41.6 Å². The number of hydrogen-bond donors (Lipinski definition) is 1. The first kappa shape index (κ1) is 14.4. The van der Waals surface area contributed by atoms with Crippen LogP contribution in [0.1, 0.15) is 11.1 Å². The number of benzene rings is 2. The van der Waals surface area contributed by atoms with Gasteiger partial charge in [-0.2, -0.15) is 0 Å². The molecule has 0 aliphatic carbocycles. The van der Waals surface area contributed by atoms with Crippen LogP contribution < -0.4 is 15.0 Å². The molecule has 0 unspecified atom stereocenters. The largest absolute Gasteiger partial charge is 0.484 e. The average Bonchev–Trinajstić information content (AvgIpc) is 2.88. The zero-order valence-corrected chi connectivity index (χ0v) is 12.9. The lowest BCUT2D eigenvalue weighted by Gasteiger charge is -2.13. The second kappa shape index (κ2) is 6.10. The number of carbonyl (C=O) groups excluding carboxylic acids is 1. The van der Waals surface area contributed by atoms with Gasteiger partial charge in [0, 0.05) is 25.0 Å². The van der Waals surface area contributed by atoms with Crippen LogP contribution in [0.3, 0.4) is 0 Å². The molecule has 0 radical (unpaired) electrons. The maximum absolute atomic E-state index is 12.0. The molecule has 0 saturated carbocycles. The van der Waals surface area contributed by atoms with Crippen LogP contribution >= 0.6 is 0 Å². The molecule has 0 saturated heterocycles. The minimum absolute atomic E-state index is 0.00991. The van der Waals surface area contributed by atoms with E-state index in [0.29, 0.717) is 5.75 Å². The third kappa shape index (κ3) is 3.22. The summed E-state index contributed by atoms with van der Waals surface area (Å²) >= 11 is 0. The van der Waals surface area contributed by atoms with E-state index >= 15 is 0 Å². The monoisotopic (exact) mass is 296 g/mol. The number of aryl methyl sites for hydroxylation is 1. The van der Waals surface area contributed by atoms with Gasteiger partial charge in [0.15, 0.2) is 6.61 Å². The van der Waals surface area contributed by atoms with Crippen LogP contribution in [0.4, 0.5) is 11.4 Å². The first-order chi connectivity index (χ1) is 10.6. The molecule has 4 nitrogen and oxygen atoms in total. The fraction of sp³-hybridized carbons (Fsp3) is 0.278. The van der Waals surface area contributed by atoms with Crippen molar-refractivity contribution in [2.75, 3.05) is 30.4 Å². The molecule has 0 bridgehead atoms. The molecule has 22 heavy (non-hydrogen) atoms. The number of nitrogens with zero attached hydrogens (tertiary/aromatic N) is 1. The zero-order chi connectivity index (χ0) is 15.5. The Morgan fingerprint density at radius 3 is 2.77 bits per heavy atom. The Labute approximate surface area is 130 Å². The van der Waals surface area contributed by atoms with Crippen LogP contribution in [-0.4, -0.2) is 26.1 Å². The van der Waals surface area contributed by atoms with Crippen molar-refractivity contribution in [3.63, 3.8) is 0 Å². The number of likely N-dealkylation sites (N-methyl/N-ethyl adjacent to an activating group) is 1. The van der Waals surface area contributed by atoms with Gasteiger partial charge in [0.2, 0.25) is 0 Å². The fourth-order valence-electron chi connectivity index (χ4n) is 2.60. The Balaban J connectivity index is 1.58. The van der Waals surface area contributed by atoms with E-state index in [1.807, 2.05) is 43.3 Å². The normalized spacial score (nSPS) is 12.9. The average molecular weight is 296 g/mol. The number of ether oxygens (including phenoxy) is 1. The molecule has 1 aliphatic rings. The van der Waals surface area contributed by atoms with Gasteiger partial charge in [-0.15, -0.1) is 0 Å². The molecule has 2 aromatic carbocycles. The predicted molar refractivity (Wildman–Crippen MR) is 88.7 cm³/mol. The van der Waals surface area contributed by atoms with Crippen LogP contribution in [0.5, 0.6) is 5.75 Å². The van der Waals surface area contributed by atoms with Gasteiger partial charge in [-0.3, -0.25) is 4.79 Å². The van der Waals surface area contributed by atoms with Crippen LogP contribution in [0.15, 0.2) is 42.5 Å². The summed E-state index contributed by atoms with van der Waals surface area (Å²) in [5.74, 6) is 0.551. The van der Waals surface area contributed by atoms with Crippen molar-refractivity contribution >= 4 is 17.3 Å². The maximum Gasteiger partial charge on any atom is 0.262 e. The molecule has 1 heterocycles. The first-order valence-electron chi connectivity index (χ1n) is 7.45. The van der Waals surface area contributed by atoms with Crippen molar-refractivity contribution < 1.29 is 9.53 Å². The van der Waals surface area contributed by atoms with Gasteiger partial charge >= 0.3 is 0 Å². The van der Waals surface area contributed by atoms with Gasteiger partial charge in [-0.25, -0.2) is 0 Å². The van der Waals surface area contributed by atoms with Crippen molar-refractivity contribution in [2.45, 2.75) is 13.3 Å². The lowest BCUT2D eigenvalue weighted by molar-refractivity contribution is -0.118. The summed E-state index contributed by atoms with van der Waals surface area (Å²) < 4.78 is 5.49. The molecule has 4 heteroatoms. The molecule has 1 amide bonds. The molecule has 114 valence electrons. The highest BCUT2D eigenvalue weighted by atomic mass is 16.5. The number of amides is 1. The minimum Gasteiger partial charge on any atom is -0.484 e.